The van der Waals surface area contributed by atoms with Crippen LogP contribution in [0.3, 0.4) is 0 Å². The highest BCUT2D eigenvalue weighted by atomic mass is 32.2. The van der Waals surface area contributed by atoms with Crippen LogP contribution in [0.2, 0.25) is 0 Å². The molecule has 0 saturated carbocycles. The molecule has 1 unspecified atom stereocenters. The zero-order valence-corrected chi connectivity index (χ0v) is 19.0. The third-order valence-corrected chi connectivity index (χ3v) is 5.66. The highest BCUT2D eigenvalue weighted by molar-refractivity contribution is 8.00. The van der Waals surface area contributed by atoms with Crippen LogP contribution in [-0.2, 0) is 23.9 Å². The lowest BCUT2D eigenvalue weighted by atomic mass is 10.1. The second kappa shape index (κ2) is 12.2. The molecule has 166 valence electrons. The fourth-order valence-electron chi connectivity index (χ4n) is 2.97. The summed E-state index contributed by atoms with van der Waals surface area (Å²) in [6, 6.07) is 0.0205. The van der Waals surface area contributed by atoms with Gasteiger partial charge in [-0.25, -0.2) is 0 Å². The summed E-state index contributed by atoms with van der Waals surface area (Å²) >= 11 is 1.32. The molecule has 0 bridgehead atoms. The van der Waals surface area contributed by atoms with Gasteiger partial charge in [0.1, 0.15) is 0 Å². The topological polar surface area (TPSA) is 105 Å². The van der Waals surface area contributed by atoms with Crippen molar-refractivity contribution >= 4 is 35.4 Å². The molecule has 1 saturated heterocycles. The first-order valence-electron chi connectivity index (χ1n) is 10.2. The van der Waals surface area contributed by atoms with Crippen LogP contribution in [0, 0.1) is 0 Å². The second-order valence-corrected chi connectivity index (χ2v) is 9.27. The van der Waals surface area contributed by atoms with Gasteiger partial charge in [-0.15, -0.1) is 11.8 Å². The summed E-state index contributed by atoms with van der Waals surface area (Å²) in [5.74, 6) is -0.320. The molecule has 4 amide bonds. The van der Waals surface area contributed by atoms with E-state index in [0.29, 0.717) is 25.3 Å². The normalized spacial score (nSPS) is 17.2. The lowest BCUT2D eigenvalue weighted by molar-refractivity contribution is -0.138. The van der Waals surface area contributed by atoms with E-state index < -0.39 is 5.25 Å². The minimum absolute atomic E-state index is 0.0205. The van der Waals surface area contributed by atoms with Crippen LogP contribution in [0.1, 0.15) is 60.3 Å². The van der Waals surface area contributed by atoms with Crippen molar-refractivity contribution < 1.29 is 23.9 Å². The van der Waals surface area contributed by atoms with Gasteiger partial charge in [0.05, 0.1) is 10.9 Å². The van der Waals surface area contributed by atoms with Gasteiger partial charge in [0.25, 0.3) is 0 Å². The Kier molecular flexibility index (Phi) is 10.7. The van der Waals surface area contributed by atoms with Crippen LogP contribution >= 0.6 is 11.8 Å². The number of hydrogen-bond donors (Lipinski definition) is 2. The predicted molar refractivity (Wildman–Crippen MR) is 113 cm³/mol. The molecule has 0 radical (unpaired) electrons. The molecule has 9 heteroatoms. The molecule has 1 atom stereocenters. The Morgan fingerprint density at radius 2 is 1.93 bits per heavy atom. The van der Waals surface area contributed by atoms with Gasteiger partial charge in [0.15, 0.2) is 0 Å². The molecule has 0 spiro atoms. The zero-order chi connectivity index (χ0) is 22.0. The van der Waals surface area contributed by atoms with Crippen LogP contribution in [0.15, 0.2) is 0 Å². The quantitative estimate of drug-likeness (QED) is 0.430. The number of thioether (sulfide) groups is 1. The SMILES string of the molecule is CCOC(C)(C)CCNC(=O)CCSC1CC(=O)N(CCC(=O)NC(C)C)C1=O. The van der Waals surface area contributed by atoms with Crippen LogP contribution < -0.4 is 10.6 Å². The maximum atomic E-state index is 12.4. The number of rotatable bonds is 13. The lowest BCUT2D eigenvalue weighted by Crippen LogP contribution is -2.37. The van der Waals surface area contributed by atoms with Gasteiger partial charge in [-0.3, -0.25) is 24.1 Å². The molecule has 1 aliphatic rings. The van der Waals surface area contributed by atoms with Gasteiger partial charge < -0.3 is 15.4 Å². The summed E-state index contributed by atoms with van der Waals surface area (Å²) < 4.78 is 5.59. The summed E-state index contributed by atoms with van der Waals surface area (Å²) in [4.78, 5) is 49.3. The number of carbonyl (C=O) groups excluding carboxylic acids is 4. The fraction of sp³-hybridized carbons (Fsp3) is 0.800. The summed E-state index contributed by atoms with van der Waals surface area (Å²) in [6.07, 6.45) is 1.23. The first kappa shape index (κ1) is 25.4. The Labute approximate surface area is 177 Å². The molecular formula is C20H35N3O5S. The number of imide groups is 1. The molecule has 29 heavy (non-hydrogen) atoms. The van der Waals surface area contributed by atoms with E-state index in [1.807, 2.05) is 34.6 Å². The number of hydrogen-bond acceptors (Lipinski definition) is 6. The first-order valence-corrected chi connectivity index (χ1v) is 11.3. The van der Waals surface area contributed by atoms with Crippen molar-refractivity contribution in [2.24, 2.45) is 0 Å². The van der Waals surface area contributed by atoms with Gasteiger partial charge in [0, 0.05) is 50.8 Å². The number of likely N-dealkylation sites (tertiary alicyclic amines) is 1. The zero-order valence-electron chi connectivity index (χ0n) is 18.2. The molecule has 0 aromatic carbocycles. The molecule has 0 aromatic rings. The minimum Gasteiger partial charge on any atom is -0.376 e. The number of nitrogens with one attached hydrogen (secondary N) is 2. The maximum Gasteiger partial charge on any atom is 0.242 e. The first-order chi connectivity index (χ1) is 13.6. The Morgan fingerprint density at radius 3 is 2.55 bits per heavy atom. The number of nitrogens with zero attached hydrogens (tertiary/aromatic N) is 1. The summed E-state index contributed by atoms with van der Waals surface area (Å²) in [5, 5.41) is 5.13. The van der Waals surface area contributed by atoms with Gasteiger partial charge in [-0.2, -0.15) is 0 Å². The second-order valence-electron chi connectivity index (χ2n) is 7.96. The Morgan fingerprint density at radius 1 is 1.24 bits per heavy atom. The predicted octanol–water partition coefficient (Wildman–Crippen LogP) is 1.47. The molecule has 1 rings (SSSR count). The molecule has 8 nitrogen and oxygen atoms in total. The van der Waals surface area contributed by atoms with Gasteiger partial charge in [-0.05, 0) is 41.0 Å². The van der Waals surface area contributed by atoms with E-state index >= 15 is 0 Å². The minimum atomic E-state index is -0.472. The highest BCUT2D eigenvalue weighted by Gasteiger charge is 2.38. The van der Waals surface area contributed by atoms with Crippen molar-refractivity contribution in [3.63, 3.8) is 0 Å². The third kappa shape index (κ3) is 9.62. The Hall–Kier alpha value is -1.61. The van der Waals surface area contributed by atoms with Crippen molar-refractivity contribution in [1.29, 1.82) is 0 Å². The maximum absolute atomic E-state index is 12.4. The summed E-state index contributed by atoms with van der Waals surface area (Å²) in [6.45, 7) is 10.9. The van der Waals surface area contributed by atoms with E-state index in [2.05, 4.69) is 10.6 Å². The number of carbonyl (C=O) groups is 4. The van der Waals surface area contributed by atoms with Gasteiger partial charge in [-0.1, -0.05) is 0 Å². The van der Waals surface area contributed by atoms with E-state index in [1.165, 1.54) is 11.8 Å². The Balaban J connectivity index is 2.29. The van der Waals surface area contributed by atoms with Gasteiger partial charge >= 0.3 is 0 Å². The molecule has 2 N–H and O–H groups in total. The van der Waals surface area contributed by atoms with Crippen molar-refractivity contribution in [2.75, 3.05) is 25.4 Å². The number of ether oxygens (including phenoxy) is 1. The van der Waals surface area contributed by atoms with Crippen molar-refractivity contribution in [2.45, 2.75) is 77.2 Å². The van der Waals surface area contributed by atoms with E-state index in [1.54, 1.807) is 0 Å². The molecule has 1 heterocycles. The Bertz CT molecular complexity index is 595. The van der Waals surface area contributed by atoms with Crippen molar-refractivity contribution in [1.82, 2.24) is 15.5 Å². The van der Waals surface area contributed by atoms with E-state index in [9.17, 15) is 19.2 Å². The van der Waals surface area contributed by atoms with Crippen LogP contribution in [0.5, 0.6) is 0 Å². The molecule has 0 aliphatic carbocycles. The van der Waals surface area contributed by atoms with Crippen LogP contribution in [0.25, 0.3) is 0 Å². The fourth-order valence-corrected chi connectivity index (χ4v) is 4.09. The lowest BCUT2D eigenvalue weighted by Gasteiger charge is -2.24. The van der Waals surface area contributed by atoms with Crippen LogP contribution in [-0.4, -0.2) is 70.9 Å². The average molecular weight is 430 g/mol. The molecule has 0 aromatic heterocycles. The van der Waals surface area contributed by atoms with Gasteiger partial charge in [0.2, 0.25) is 23.6 Å². The van der Waals surface area contributed by atoms with E-state index in [-0.39, 0.29) is 61.1 Å². The smallest absolute Gasteiger partial charge is 0.242 e. The standard InChI is InChI=1S/C20H35N3O5S/c1-6-28-20(4,5)9-10-21-16(24)8-12-29-15-13-18(26)23(19(15)27)11-7-17(25)22-14(2)3/h14-15H,6-13H2,1-5H3,(H,21,24)(H,22,25). The molecular weight excluding hydrogens is 394 g/mol. The monoisotopic (exact) mass is 429 g/mol. The number of amides is 4. The summed E-state index contributed by atoms with van der Waals surface area (Å²) in [5.41, 5.74) is -0.275. The highest BCUT2D eigenvalue weighted by Crippen LogP contribution is 2.25. The largest absolute Gasteiger partial charge is 0.376 e. The van der Waals surface area contributed by atoms with Crippen LogP contribution in [0.4, 0.5) is 0 Å². The molecule has 1 aliphatic heterocycles. The van der Waals surface area contributed by atoms with E-state index in [0.717, 1.165) is 4.90 Å². The third-order valence-electron chi connectivity index (χ3n) is 4.45. The van der Waals surface area contributed by atoms with Crippen molar-refractivity contribution in [3.05, 3.63) is 0 Å². The van der Waals surface area contributed by atoms with Crippen molar-refractivity contribution in [3.8, 4) is 0 Å². The molecule has 1 fully saturated rings. The van der Waals surface area contributed by atoms with E-state index in [4.69, 9.17) is 4.74 Å². The summed E-state index contributed by atoms with van der Waals surface area (Å²) in [7, 11) is 0. The average Bonchev–Trinajstić information content (AvgIpc) is 2.86.